The van der Waals surface area contributed by atoms with Crippen LogP contribution < -0.4 is 5.46 Å². The standard InChI is InChI=1S/C6H4B3ClO3/c10-6-3-1-5(2-4-6)9-12-7-11-8-13-9/h1-4H. The zero-order chi connectivity index (χ0) is 9.10. The molecular weight excluding hydrogens is 188 g/mol. The Bertz CT molecular complexity index is 275. The molecule has 0 amide bonds. The molecule has 0 aliphatic carbocycles. The highest BCUT2D eigenvalue weighted by molar-refractivity contribution is 6.71. The second-order valence-electron chi connectivity index (χ2n) is 2.48. The molecule has 0 bridgehead atoms. The highest BCUT2D eigenvalue weighted by Gasteiger charge is 2.26. The van der Waals surface area contributed by atoms with Crippen LogP contribution in [0, 0.1) is 0 Å². The van der Waals surface area contributed by atoms with Gasteiger partial charge < -0.3 is 13.7 Å². The molecule has 13 heavy (non-hydrogen) atoms. The van der Waals surface area contributed by atoms with Crippen LogP contribution in [0.2, 0.25) is 5.02 Å². The summed E-state index contributed by atoms with van der Waals surface area (Å²) >= 11 is 5.73. The van der Waals surface area contributed by atoms with Gasteiger partial charge in [-0.15, -0.1) is 0 Å². The van der Waals surface area contributed by atoms with Gasteiger partial charge in [0.25, 0.3) is 0 Å². The molecule has 7 heteroatoms. The maximum Gasteiger partial charge on any atom is 0.465 e. The van der Waals surface area contributed by atoms with Gasteiger partial charge in [0.05, 0.1) is 0 Å². The Morgan fingerprint density at radius 3 is 2.31 bits per heavy atom. The van der Waals surface area contributed by atoms with Gasteiger partial charge in [0.15, 0.2) is 0 Å². The average molecular weight is 192 g/mol. The summed E-state index contributed by atoms with van der Waals surface area (Å²) < 4.78 is 14.7. The van der Waals surface area contributed by atoms with Crippen molar-refractivity contribution in [3.63, 3.8) is 0 Å². The molecule has 0 unspecified atom stereocenters. The van der Waals surface area contributed by atoms with Crippen LogP contribution in [0.5, 0.6) is 0 Å². The van der Waals surface area contributed by atoms with Crippen LogP contribution in [0.3, 0.4) is 0 Å². The van der Waals surface area contributed by atoms with Gasteiger partial charge in [-0.1, -0.05) is 23.7 Å². The maximum absolute atomic E-state index is 5.73. The molecule has 0 atom stereocenters. The summed E-state index contributed by atoms with van der Waals surface area (Å²) in [7, 11) is 2.01. The minimum absolute atomic E-state index is 0.439. The molecule has 0 aromatic heterocycles. The summed E-state index contributed by atoms with van der Waals surface area (Å²) in [6.07, 6.45) is 0. The summed E-state index contributed by atoms with van der Waals surface area (Å²) in [5, 5.41) is 0.684. The number of halogens is 1. The van der Waals surface area contributed by atoms with Crippen molar-refractivity contribution < 1.29 is 13.7 Å². The van der Waals surface area contributed by atoms with E-state index in [-0.39, 0.29) is 0 Å². The molecule has 0 spiro atoms. The smallest absolute Gasteiger partial charge is 0.457 e. The largest absolute Gasteiger partial charge is 0.465 e. The van der Waals surface area contributed by atoms with Crippen LogP contribution in [-0.2, 0) is 13.7 Å². The van der Waals surface area contributed by atoms with Crippen LogP contribution in [0.15, 0.2) is 24.3 Å². The molecule has 2 rings (SSSR count). The van der Waals surface area contributed by atoms with E-state index in [1.807, 2.05) is 12.1 Å². The lowest BCUT2D eigenvalue weighted by Gasteiger charge is -2.18. The van der Waals surface area contributed by atoms with E-state index in [2.05, 4.69) is 4.57 Å². The fraction of sp³-hybridized carbons (Fsp3) is 0. The molecule has 1 aliphatic heterocycles. The third-order valence-electron chi connectivity index (χ3n) is 1.61. The van der Waals surface area contributed by atoms with E-state index in [0.717, 1.165) is 5.46 Å². The lowest BCUT2D eigenvalue weighted by Crippen LogP contribution is -2.44. The first-order valence-electron chi connectivity index (χ1n) is 3.71. The molecule has 3 nitrogen and oxygen atoms in total. The molecule has 1 heterocycles. The quantitative estimate of drug-likeness (QED) is 0.593. The fourth-order valence-corrected chi connectivity index (χ4v) is 1.12. The molecule has 62 valence electrons. The highest BCUT2D eigenvalue weighted by atomic mass is 35.5. The monoisotopic (exact) mass is 192 g/mol. The van der Waals surface area contributed by atoms with Crippen molar-refractivity contribution in [1.82, 2.24) is 0 Å². The second-order valence-corrected chi connectivity index (χ2v) is 2.92. The molecule has 1 saturated heterocycles. The summed E-state index contributed by atoms with van der Waals surface area (Å²) in [6.45, 7) is 0. The van der Waals surface area contributed by atoms with Crippen molar-refractivity contribution in [2.75, 3.05) is 0 Å². The van der Waals surface area contributed by atoms with E-state index in [9.17, 15) is 0 Å². The van der Waals surface area contributed by atoms with Gasteiger partial charge >= 0.3 is 22.5 Å². The van der Waals surface area contributed by atoms with Crippen molar-refractivity contribution in [3.05, 3.63) is 29.3 Å². The van der Waals surface area contributed by atoms with Crippen molar-refractivity contribution in [2.45, 2.75) is 0 Å². The Kier molecular flexibility index (Phi) is 2.95. The normalized spacial score (nSPS) is 16.2. The van der Waals surface area contributed by atoms with Gasteiger partial charge in [0.2, 0.25) is 0 Å². The second kappa shape index (κ2) is 4.20. The molecule has 1 aromatic carbocycles. The Balaban J connectivity index is 2.10. The topological polar surface area (TPSA) is 27.7 Å². The zero-order valence-electron chi connectivity index (χ0n) is 6.64. The predicted octanol–water partition coefficient (Wildman–Crippen LogP) is 0.167. The summed E-state index contributed by atoms with van der Waals surface area (Å²) in [5.41, 5.74) is 0.889. The number of benzene rings is 1. The Morgan fingerprint density at radius 1 is 1.08 bits per heavy atom. The molecule has 2 radical (unpaired) electrons. The Labute approximate surface area is 83.1 Å². The predicted molar refractivity (Wildman–Crippen MR) is 51.6 cm³/mol. The van der Waals surface area contributed by atoms with E-state index >= 15 is 0 Å². The van der Waals surface area contributed by atoms with E-state index in [4.69, 9.17) is 20.7 Å². The van der Waals surface area contributed by atoms with Crippen LogP contribution >= 0.6 is 11.6 Å². The Hall–Kier alpha value is -0.415. The van der Waals surface area contributed by atoms with Gasteiger partial charge in [-0.2, -0.15) is 0 Å². The van der Waals surface area contributed by atoms with Gasteiger partial charge in [0, 0.05) is 5.02 Å². The first-order valence-corrected chi connectivity index (χ1v) is 4.09. The maximum atomic E-state index is 5.73. The highest BCUT2D eigenvalue weighted by Crippen LogP contribution is 2.05. The Morgan fingerprint density at radius 2 is 1.69 bits per heavy atom. The molecular formula is C6H4B3ClO3. The third kappa shape index (κ3) is 2.28. The van der Waals surface area contributed by atoms with Crippen LogP contribution in [0.1, 0.15) is 0 Å². The first kappa shape index (κ1) is 9.15. The van der Waals surface area contributed by atoms with Crippen molar-refractivity contribution in [3.8, 4) is 0 Å². The summed E-state index contributed by atoms with van der Waals surface area (Å²) in [5.74, 6) is 0. The van der Waals surface area contributed by atoms with Crippen LogP contribution in [-0.4, -0.2) is 22.5 Å². The molecule has 1 aromatic rings. The van der Waals surface area contributed by atoms with E-state index in [1.54, 1.807) is 12.1 Å². The van der Waals surface area contributed by atoms with Crippen molar-refractivity contribution in [2.24, 2.45) is 0 Å². The number of hydrogen-bond acceptors (Lipinski definition) is 3. The van der Waals surface area contributed by atoms with Crippen molar-refractivity contribution in [1.29, 1.82) is 0 Å². The van der Waals surface area contributed by atoms with Crippen molar-refractivity contribution >= 4 is 39.6 Å². The molecule has 0 N–H and O–H groups in total. The minimum atomic E-state index is -0.439. The summed E-state index contributed by atoms with van der Waals surface area (Å²) in [6, 6.07) is 7.22. The minimum Gasteiger partial charge on any atom is -0.457 e. The van der Waals surface area contributed by atoms with Gasteiger partial charge in [-0.3, -0.25) is 0 Å². The third-order valence-corrected chi connectivity index (χ3v) is 1.86. The van der Waals surface area contributed by atoms with E-state index in [1.165, 1.54) is 15.4 Å². The van der Waals surface area contributed by atoms with Gasteiger partial charge in [-0.05, 0) is 17.6 Å². The van der Waals surface area contributed by atoms with E-state index < -0.39 is 7.12 Å². The van der Waals surface area contributed by atoms with Crippen LogP contribution in [0.25, 0.3) is 0 Å². The van der Waals surface area contributed by atoms with Gasteiger partial charge in [0.1, 0.15) is 0 Å². The number of rotatable bonds is 1. The molecule has 1 aliphatic rings. The van der Waals surface area contributed by atoms with E-state index in [0.29, 0.717) is 5.02 Å². The molecule has 1 fully saturated rings. The summed E-state index contributed by atoms with van der Waals surface area (Å²) in [4.78, 5) is 0. The van der Waals surface area contributed by atoms with Gasteiger partial charge in [-0.25, -0.2) is 0 Å². The fourth-order valence-electron chi connectivity index (χ4n) is 0.997. The first-order chi connectivity index (χ1) is 6.36. The lowest BCUT2D eigenvalue weighted by atomic mass is 9.75. The zero-order valence-corrected chi connectivity index (χ0v) is 7.40. The SMILES string of the molecule is Clc1ccc(B2O[B]O[B]O2)cc1. The molecule has 0 saturated carbocycles. The lowest BCUT2D eigenvalue weighted by molar-refractivity contribution is 0.334. The number of hydrogen-bond donors (Lipinski definition) is 0. The van der Waals surface area contributed by atoms with Crippen LogP contribution in [0.4, 0.5) is 0 Å². The average Bonchev–Trinajstić information content (AvgIpc) is 2.20.